The third-order valence-electron chi connectivity index (χ3n) is 3.46. The lowest BCUT2D eigenvalue weighted by Crippen LogP contribution is -2.38. The topological polar surface area (TPSA) is 79.8 Å². The molecule has 3 rings (SSSR count). The van der Waals surface area contributed by atoms with E-state index in [1.54, 1.807) is 0 Å². The Hall–Kier alpha value is -1.54. The molecule has 114 valence electrons. The fourth-order valence-corrected chi connectivity index (χ4v) is 3.02. The number of nitrogens with zero attached hydrogens (tertiary/aromatic N) is 5. The van der Waals surface area contributed by atoms with E-state index in [1.165, 1.54) is 11.5 Å². The molecule has 1 unspecified atom stereocenters. The quantitative estimate of drug-likeness (QED) is 0.929. The molecule has 21 heavy (non-hydrogen) atoms. The maximum atomic E-state index is 5.80. The predicted octanol–water partition coefficient (Wildman–Crippen LogP) is 1.92. The van der Waals surface area contributed by atoms with Crippen molar-refractivity contribution in [1.29, 1.82) is 0 Å². The number of hydrogen-bond acceptors (Lipinski definition) is 7. The van der Waals surface area contributed by atoms with Gasteiger partial charge in [-0.1, -0.05) is 20.8 Å². The van der Waals surface area contributed by atoms with Gasteiger partial charge in [-0.2, -0.15) is 9.47 Å². The molecular formula is C13H20N6OS. The Morgan fingerprint density at radius 2 is 2.29 bits per heavy atom. The first-order chi connectivity index (χ1) is 10.2. The molecule has 0 saturated carbocycles. The van der Waals surface area contributed by atoms with Crippen LogP contribution in [0.1, 0.15) is 50.3 Å². The zero-order valence-electron chi connectivity index (χ0n) is 12.5. The summed E-state index contributed by atoms with van der Waals surface area (Å²) in [6.45, 7) is 8.45. The first kappa shape index (κ1) is 14.4. The molecule has 1 saturated heterocycles. The van der Waals surface area contributed by atoms with Crippen molar-refractivity contribution in [3.8, 4) is 0 Å². The maximum absolute atomic E-state index is 5.80. The van der Waals surface area contributed by atoms with Gasteiger partial charge in [0, 0.05) is 30.4 Å². The standard InChI is InChI=1S/C13H20N6OS/c1-4-10-14-12(17-16-10)9-7-19(5-6-20-9)13-15-11(8(2)3)18-21-13/h8-9H,4-7H2,1-3H3,(H,14,16,17). The highest BCUT2D eigenvalue weighted by atomic mass is 32.1. The minimum atomic E-state index is -0.110. The van der Waals surface area contributed by atoms with Crippen LogP contribution in [-0.2, 0) is 11.2 Å². The van der Waals surface area contributed by atoms with Gasteiger partial charge in [0.15, 0.2) is 5.82 Å². The summed E-state index contributed by atoms with van der Waals surface area (Å²) in [7, 11) is 0. The summed E-state index contributed by atoms with van der Waals surface area (Å²) in [6, 6.07) is 0. The van der Waals surface area contributed by atoms with E-state index >= 15 is 0 Å². The Morgan fingerprint density at radius 1 is 1.43 bits per heavy atom. The zero-order chi connectivity index (χ0) is 14.8. The van der Waals surface area contributed by atoms with Crippen molar-refractivity contribution in [1.82, 2.24) is 24.5 Å². The number of nitrogens with one attached hydrogen (secondary N) is 1. The Bertz CT molecular complexity index is 595. The largest absolute Gasteiger partial charge is 0.366 e. The number of ether oxygens (including phenoxy) is 1. The Labute approximate surface area is 127 Å². The van der Waals surface area contributed by atoms with Gasteiger partial charge in [0.25, 0.3) is 0 Å². The highest BCUT2D eigenvalue weighted by molar-refractivity contribution is 7.09. The monoisotopic (exact) mass is 308 g/mol. The van der Waals surface area contributed by atoms with Gasteiger partial charge < -0.3 is 9.64 Å². The summed E-state index contributed by atoms with van der Waals surface area (Å²) in [6.07, 6.45) is 0.735. The molecule has 1 N–H and O–H groups in total. The molecule has 1 atom stereocenters. The van der Waals surface area contributed by atoms with Crippen LogP contribution in [-0.4, -0.2) is 44.2 Å². The van der Waals surface area contributed by atoms with E-state index in [0.29, 0.717) is 19.1 Å². The molecule has 1 fully saturated rings. The van der Waals surface area contributed by atoms with Gasteiger partial charge in [-0.05, 0) is 0 Å². The molecule has 0 radical (unpaired) electrons. The minimum absolute atomic E-state index is 0.110. The number of hydrogen-bond donors (Lipinski definition) is 1. The average molecular weight is 308 g/mol. The molecule has 0 amide bonds. The molecule has 8 heteroatoms. The van der Waals surface area contributed by atoms with E-state index in [0.717, 1.165) is 35.6 Å². The third kappa shape index (κ3) is 3.06. The lowest BCUT2D eigenvalue weighted by atomic mass is 10.2. The molecular weight excluding hydrogens is 288 g/mol. The van der Waals surface area contributed by atoms with Crippen LogP contribution in [0.5, 0.6) is 0 Å². The Balaban J connectivity index is 1.72. The Morgan fingerprint density at radius 3 is 2.95 bits per heavy atom. The summed E-state index contributed by atoms with van der Waals surface area (Å²) in [5.74, 6) is 2.88. The number of aryl methyl sites for hydroxylation is 1. The molecule has 0 bridgehead atoms. The van der Waals surface area contributed by atoms with Crippen molar-refractivity contribution < 1.29 is 4.74 Å². The number of H-pyrrole nitrogens is 1. The van der Waals surface area contributed by atoms with Crippen LogP contribution in [0, 0.1) is 0 Å². The fraction of sp³-hybridized carbons (Fsp3) is 0.692. The summed E-state index contributed by atoms with van der Waals surface area (Å²) in [5.41, 5.74) is 0. The molecule has 3 heterocycles. The normalized spacial score (nSPS) is 19.4. The highest BCUT2D eigenvalue weighted by Crippen LogP contribution is 2.27. The van der Waals surface area contributed by atoms with Crippen molar-refractivity contribution in [3.63, 3.8) is 0 Å². The van der Waals surface area contributed by atoms with Crippen molar-refractivity contribution in [3.05, 3.63) is 17.5 Å². The van der Waals surface area contributed by atoms with Gasteiger partial charge >= 0.3 is 0 Å². The first-order valence-corrected chi connectivity index (χ1v) is 8.06. The average Bonchev–Trinajstić information content (AvgIpc) is 3.17. The molecule has 1 aliphatic rings. The number of aromatic amines is 1. The summed E-state index contributed by atoms with van der Waals surface area (Å²) >= 11 is 1.45. The van der Waals surface area contributed by atoms with E-state index < -0.39 is 0 Å². The highest BCUT2D eigenvalue weighted by Gasteiger charge is 2.27. The molecule has 2 aromatic rings. The number of aromatic nitrogens is 5. The lowest BCUT2D eigenvalue weighted by Gasteiger charge is -2.30. The minimum Gasteiger partial charge on any atom is -0.366 e. The van der Waals surface area contributed by atoms with E-state index in [4.69, 9.17) is 4.74 Å². The number of anilines is 1. The van der Waals surface area contributed by atoms with Gasteiger partial charge in [-0.3, -0.25) is 5.10 Å². The summed E-state index contributed by atoms with van der Waals surface area (Å²) in [4.78, 5) is 11.3. The van der Waals surface area contributed by atoms with Crippen molar-refractivity contribution in [2.45, 2.75) is 39.2 Å². The van der Waals surface area contributed by atoms with E-state index in [-0.39, 0.29) is 6.10 Å². The molecule has 1 aliphatic heterocycles. The van der Waals surface area contributed by atoms with Gasteiger partial charge in [-0.15, -0.1) is 0 Å². The molecule has 0 aromatic carbocycles. The van der Waals surface area contributed by atoms with Gasteiger partial charge in [-0.25, -0.2) is 9.97 Å². The number of rotatable bonds is 4. The maximum Gasteiger partial charge on any atom is 0.205 e. The molecule has 7 nitrogen and oxygen atoms in total. The van der Waals surface area contributed by atoms with Crippen molar-refractivity contribution >= 4 is 16.7 Å². The summed E-state index contributed by atoms with van der Waals surface area (Å²) in [5, 5.41) is 8.15. The second-order valence-electron chi connectivity index (χ2n) is 5.39. The van der Waals surface area contributed by atoms with Crippen LogP contribution in [0.4, 0.5) is 5.13 Å². The van der Waals surface area contributed by atoms with Crippen molar-refractivity contribution in [2.24, 2.45) is 0 Å². The van der Waals surface area contributed by atoms with Crippen LogP contribution in [0.15, 0.2) is 0 Å². The van der Waals surface area contributed by atoms with Gasteiger partial charge in [0.05, 0.1) is 13.2 Å². The van der Waals surface area contributed by atoms with E-state index in [1.807, 2.05) is 6.92 Å². The van der Waals surface area contributed by atoms with E-state index in [9.17, 15) is 0 Å². The summed E-state index contributed by atoms with van der Waals surface area (Å²) < 4.78 is 10.2. The lowest BCUT2D eigenvalue weighted by molar-refractivity contribution is 0.0342. The van der Waals surface area contributed by atoms with Crippen LogP contribution in [0.25, 0.3) is 0 Å². The zero-order valence-corrected chi connectivity index (χ0v) is 13.4. The van der Waals surface area contributed by atoms with Crippen LogP contribution in [0.3, 0.4) is 0 Å². The molecule has 0 spiro atoms. The second-order valence-corrected chi connectivity index (χ2v) is 6.12. The van der Waals surface area contributed by atoms with E-state index in [2.05, 4.69) is 43.3 Å². The van der Waals surface area contributed by atoms with Crippen LogP contribution in [0.2, 0.25) is 0 Å². The van der Waals surface area contributed by atoms with Crippen molar-refractivity contribution in [2.75, 3.05) is 24.6 Å². The fourth-order valence-electron chi connectivity index (χ4n) is 2.18. The first-order valence-electron chi connectivity index (χ1n) is 7.28. The van der Waals surface area contributed by atoms with Crippen LogP contribution >= 0.6 is 11.5 Å². The SMILES string of the molecule is CCc1nc(C2CN(c3nc(C(C)C)ns3)CCO2)n[nH]1. The smallest absolute Gasteiger partial charge is 0.205 e. The second kappa shape index (κ2) is 6.07. The third-order valence-corrected chi connectivity index (χ3v) is 4.25. The van der Waals surface area contributed by atoms with Gasteiger partial charge in [0.1, 0.15) is 17.8 Å². The number of morpholine rings is 1. The van der Waals surface area contributed by atoms with Crippen LogP contribution < -0.4 is 4.90 Å². The molecule has 0 aliphatic carbocycles. The van der Waals surface area contributed by atoms with Gasteiger partial charge in [0.2, 0.25) is 5.13 Å². The Kier molecular flexibility index (Phi) is 4.16. The molecule has 2 aromatic heterocycles. The predicted molar refractivity (Wildman–Crippen MR) is 80.7 cm³/mol.